The van der Waals surface area contributed by atoms with Gasteiger partial charge in [0.25, 0.3) is 0 Å². The van der Waals surface area contributed by atoms with Crippen LogP contribution >= 0.6 is 0 Å². The number of carbonyl (C=O) groups is 3. The first-order chi connectivity index (χ1) is 17.1. The van der Waals surface area contributed by atoms with E-state index in [1.54, 1.807) is 11.8 Å². The number of likely N-dealkylation sites (tertiary alicyclic amines) is 1. The molecule has 3 atom stereocenters. The lowest BCUT2D eigenvalue weighted by Gasteiger charge is -2.44. The van der Waals surface area contributed by atoms with Crippen molar-refractivity contribution in [1.82, 2.24) is 10.2 Å². The third-order valence-electron chi connectivity index (χ3n) is 6.52. The van der Waals surface area contributed by atoms with Crippen molar-refractivity contribution in [2.75, 3.05) is 13.2 Å². The van der Waals surface area contributed by atoms with Gasteiger partial charge in [0.1, 0.15) is 11.3 Å². The van der Waals surface area contributed by atoms with Crippen molar-refractivity contribution < 1.29 is 28.3 Å². The Kier molecular flexibility index (Phi) is 10.4. The molecule has 9 heteroatoms. The topological polar surface area (TPSA) is 94.2 Å². The summed E-state index contributed by atoms with van der Waals surface area (Å²) < 4.78 is 17.8. The Hall–Kier alpha value is -2.39. The fourth-order valence-corrected chi connectivity index (χ4v) is 5.92. The first-order valence-electron chi connectivity index (χ1n) is 13.2. The Morgan fingerprint density at radius 1 is 1.11 bits per heavy atom. The maximum absolute atomic E-state index is 13.9. The number of benzene rings is 1. The molecule has 1 saturated heterocycles. The fraction of sp³-hybridized carbons (Fsp3) is 0.679. The molecule has 0 aromatic heterocycles. The van der Waals surface area contributed by atoms with Gasteiger partial charge < -0.3 is 19.2 Å². The lowest BCUT2D eigenvalue weighted by Crippen LogP contribution is -2.60. The number of nitrogens with zero attached hydrogens (tertiary/aromatic N) is 1. The molecule has 1 aliphatic rings. The number of esters is 1. The summed E-state index contributed by atoms with van der Waals surface area (Å²) in [5.74, 6) is -1.79. The zero-order chi connectivity index (χ0) is 28.0. The van der Waals surface area contributed by atoms with E-state index in [1.165, 1.54) is 0 Å². The van der Waals surface area contributed by atoms with Gasteiger partial charge in [-0.05, 0) is 57.7 Å². The van der Waals surface area contributed by atoms with Crippen LogP contribution in [0, 0.1) is 17.3 Å². The van der Waals surface area contributed by atoms with Gasteiger partial charge in [-0.15, -0.1) is 0 Å². The maximum Gasteiger partial charge on any atom is 0.412 e. The lowest BCUT2D eigenvalue weighted by atomic mass is 9.76. The molecule has 1 N–H and O–H groups in total. The predicted molar refractivity (Wildman–Crippen MR) is 146 cm³/mol. The quantitative estimate of drug-likeness (QED) is 0.359. The van der Waals surface area contributed by atoms with Crippen molar-refractivity contribution in [1.29, 1.82) is 0 Å². The highest BCUT2D eigenvalue weighted by Gasteiger charge is 2.59. The number of ether oxygens (including phenoxy) is 2. The van der Waals surface area contributed by atoms with Gasteiger partial charge in [0, 0.05) is 19.5 Å². The van der Waals surface area contributed by atoms with E-state index >= 15 is 0 Å². The second kappa shape index (κ2) is 12.4. The van der Waals surface area contributed by atoms with Gasteiger partial charge in [-0.3, -0.25) is 14.5 Å². The third-order valence-corrected chi connectivity index (χ3v) is 7.40. The van der Waals surface area contributed by atoms with E-state index in [0.717, 1.165) is 5.56 Å². The van der Waals surface area contributed by atoms with Gasteiger partial charge in [0.2, 0.25) is 5.91 Å². The van der Waals surface area contributed by atoms with Crippen LogP contribution in [-0.4, -0.2) is 56.4 Å². The van der Waals surface area contributed by atoms with Gasteiger partial charge in [-0.1, -0.05) is 51.1 Å². The van der Waals surface area contributed by atoms with Crippen molar-refractivity contribution >= 4 is 27.0 Å². The summed E-state index contributed by atoms with van der Waals surface area (Å²) in [7, 11) is -1.82. The van der Waals surface area contributed by atoms with E-state index in [-0.39, 0.29) is 30.3 Å². The number of nitrogens with one attached hydrogen (secondary N) is 1. The molecule has 2 amide bonds. The van der Waals surface area contributed by atoms with Crippen molar-refractivity contribution in [3.05, 3.63) is 35.9 Å². The molecule has 2 rings (SSSR count). The maximum atomic E-state index is 13.9. The molecule has 1 aromatic carbocycles. The summed E-state index contributed by atoms with van der Waals surface area (Å²) in [6.45, 7) is 18.4. The minimum absolute atomic E-state index is 0.0272. The summed E-state index contributed by atoms with van der Waals surface area (Å²) in [5, 5.41) is 2.99. The zero-order valence-corrected chi connectivity index (χ0v) is 25.2. The highest BCUT2D eigenvalue weighted by Crippen LogP contribution is 2.48. The summed E-state index contributed by atoms with van der Waals surface area (Å²) in [6, 6.07) is 9.57. The zero-order valence-electron chi connectivity index (χ0n) is 24.1. The average molecular weight is 535 g/mol. The number of amides is 2. The van der Waals surface area contributed by atoms with Crippen LogP contribution in [0.5, 0.6) is 0 Å². The molecule has 0 radical (unpaired) electrons. The van der Waals surface area contributed by atoms with E-state index in [2.05, 4.69) is 26.1 Å². The molecular weight excluding hydrogens is 488 g/mol. The van der Waals surface area contributed by atoms with Crippen LogP contribution in [0.15, 0.2) is 30.3 Å². The van der Waals surface area contributed by atoms with Crippen LogP contribution in [-0.2, 0) is 30.0 Å². The largest absolute Gasteiger partial charge is 0.466 e. The van der Waals surface area contributed by atoms with Gasteiger partial charge >= 0.3 is 12.1 Å². The van der Waals surface area contributed by atoms with Crippen molar-refractivity contribution in [3.63, 3.8) is 0 Å². The van der Waals surface area contributed by atoms with E-state index in [4.69, 9.17) is 13.9 Å². The summed E-state index contributed by atoms with van der Waals surface area (Å²) >= 11 is 0. The monoisotopic (exact) mass is 534 g/mol. The second-order valence-corrected chi connectivity index (χ2v) is 14.5. The van der Waals surface area contributed by atoms with Crippen molar-refractivity contribution in [2.45, 2.75) is 92.3 Å². The third kappa shape index (κ3) is 8.57. The number of hydrogen-bond donors (Lipinski definition) is 1. The first kappa shape index (κ1) is 30.8. The van der Waals surface area contributed by atoms with Crippen molar-refractivity contribution in [3.8, 4) is 0 Å². The second-order valence-electron chi connectivity index (χ2n) is 12.1. The average Bonchev–Trinajstić information content (AvgIpc) is 3.16. The van der Waals surface area contributed by atoms with Gasteiger partial charge in [-0.2, -0.15) is 0 Å². The van der Waals surface area contributed by atoms with Gasteiger partial charge in [-0.25, -0.2) is 4.79 Å². The first-order valence-corrected chi connectivity index (χ1v) is 16.0. The highest BCUT2D eigenvalue weighted by molar-refractivity contribution is 6.48. The van der Waals surface area contributed by atoms with Crippen LogP contribution < -0.4 is 5.32 Å². The molecule has 1 fully saturated rings. The highest BCUT2D eigenvalue weighted by atomic mass is 28.3. The molecule has 1 aliphatic heterocycles. The normalized spacial score (nSPS) is 21.0. The Morgan fingerprint density at radius 3 is 2.24 bits per heavy atom. The molecule has 8 nitrogen and oxygen atoms in total. The van der Waals surface area contributed by atoms with Crippen LogP contribution in [0.2, 0.25) is 13.1 Å². The SMILES string of the molecule is CCOC(=O)CC(C(=O)NCc1ccccc1)[C@@]1(O[SiH](C)C)C[C@H](C(C)(C)C)CN1C(=O)OC(C)(C)C. The molecule has 0 bridgehead atoms. The van der Waals surface area contributed by atoms with E-state index < -0.39 is 38.3 Å². The number of carbonyl (C=O) groups excluding carboxylic acids is 3. The Balaban J connectivity index is 2.58. The summed E-state index contributed by atoms with van der Waals surface area (Å²) in [6.07, 6.45) is -0.325. The molecule has 1 aromatic rings. The van der Waals surface area contributed by atoms with Gasteiger partial charge in [0.15, 0.2) is 9.04 Å². The molecular formula is C28H46N2O6Si. The van der Waals surface area contributed by atoms with E-state index in [9.17, 15) is 14.4 Å². The van der Waals surface area contributed by atoms with Gasteiger partial charge in [0.05, 0.1) is 18.9 Å². The van der Waals surface area contributed by atoms with Crippen LogP contribution in [0.1, 0.15) is 66.9 Å². The Morgan fingerprint density at radius 2 is 1.73 bits per heavy atom. The molecule has 1 unspecified atom stereocenters. The van der Waals surface area contributed by atoms with Crippen molar-refractivity contribution in [2.24, 2.45) is 17.3 Å². The van der Waals surface area contributed by atoms with E-state index in [1.807, 2.05) is 64.2 Å². The molecule has 0 spiro atoms. The number of rotatable bonds is 9. The number of hydrogen-bond acceptors (Lipinski definition) is 6. The van der Waals surface area contributed by atoms with E-state index in [0.29, 0.717) is 19.5 Å². The molecule has 208 valence electrons. The minimum atomic E-state index is -1.82. The van der Waals surface area contributed by atoms with Crippen LogP contribution in [0.3, 0.4) is 0 Å². The molecule has 0 aliphatic carbocycles. The Labute approximate surface area is 224 Å². The fourth-order valence-electron chi connectivity index (χ4n) is 4.71. The van der Waals surface area contributed by atoms with Crippen LogP contribution in [0.25, 0.3) is 0 Å². The lowest BCUT2D eigenvalue weighted by molar-refractivity contribution is -0.160. The molecule has 0 saturated carbocycles. The summed E-state index contributed by atoms with van der Waals surface area (Å²) in [5.41, 5.74) is -1.29. The smallest absolute Gasteiger partial charge is 0.412 e. The Bertz CT molecular complexity index is 925. The molecule has 37 heavy (non-hydrogen) atoms. The standard InChI is InChI=1S/C28H46N2O6Si/c1-10-34-23(31)16-22(24(32)29-18-20-14-12-11-13-15-20)28(36-37(8)9)17-21(26(2,3)4)19-30(28)25(33)35-27(5,6)7/h11-15,21-22,37H,10,16-19H2,1-9H3,(H,29,32)/t21-,22?,28-/m0/s1. The summed E-state index contributed by atoms with van der Waals surface area (Å²) in [4.78, 5) is 41.9. The predicted octanol–water partition coefficient (Wildman–Crippen LogP) is 4.87. The molecule has 1 heterocycles. The minimum Gasteiger partial charge on any atom is -0.466 e. The van der Waals surface area contributed by atoms with Crippen LogP contribution in [0.4, 0.5) is 4.79 Å².